The molecular formula is C42H38Cl2N2O9S. The SMILES string of the molecule is CC[C@@H](c1ccccc1)N([C@@H](CC1=COC=C(C2=CC=CC[C@@H]2c2cccc(OCc3ccc(Cl)c(Cl)c3)c2)O1)C(=O)OC)S(=O)(=O)c1ccc([N+](=O)[O-])cc1. The van der Waals surface area contributed by atoms with Crippen LogP contribution in [0.4, 0.5) is 5.69 Å². The summed E-state index contributed by atoms with van der Waals surface area (Å²) in [7, 11) is -3.31. The highest BCUT2D eigenvalue weighted by atomic mass is 35.5. The second kappa shape index (κ2) is 18.0. The third kappa shape index (κ3) is 9.17. The number of esters is 1. The summed E-state index contributed by atoms with van der Waals surface area (Å²) in [6.07, 6.45) is 9.33. The molecule has 3 atom stereocenters. The van der Waals surface area contributed by atoms with Crippen molar-refractivity contribution in [3.8, 4) is 5.75 Å². The largest absolute Gasteiger partial charge is 0.489 e. The number of hydrogen-bond donors (Lipinski definition) is 0. The van der Waals surface area contributed by atoms with E-state index in [1.54, 1.807) is 49.4 Å². The van der Waals surface area contributed by atoms with Gasteiger partial charge in [-0.2, -0.15) is 4.31 Å². The van der Waals surface area contributed by atoms with E-state index < -0.39 is 33.0 Å². The highest BCUT2D eigenvalue weighted by Gasteiger charge is 2.43. The molecule has 11 nitrogen and oxygen atoms in total. The molecule has 1 heterocycles. The predicted molar refractivity (Wildman–Crippen MR) is 212 cm³/mol. The Balaban J connectivity index is 1.27. The molecule has 4 aromatic carbocycles. The molecule has 1 aliphatic heterocycles. The normalized spacial score (nSPS) is 16.4. The zero-order valence-electron chi connectivity index (χ0n) is 30.4. The first-order chi connectivity index (χ1) is 27.0. The van der Waals surface area contributed by atoms with Crippen LogP contribution >= 0.6 is 23.2 Å². The van der Waals surface area contributed by atoms with E-state index >= 15 is 0 Å². The Hall–Kier alpha value is -5.40. The summed E-state index contributed by atoms with van der Waals surface area (Å²) in [6, 6.07) is 24.2. The molecule has 2 aliphatic rings. The maximum Gasteiger partial charge on any atom is 0.324 e. The highest BCUT2D eigenvalue weighted by Crippen LogP contribution is 2.41. The van der Waals surface area contributed by atoms with Gasteiger partial charge in [-0.25, -0.2) is 8.42 Å². The summed E-state index contributed by atoms with van der Waals surface area (Å²) in [6.45, 7) is 2.09. The zero-order valence-corrected chi connectivity index (χ0v) is 32.7. The van der Waals surface area contributed by atoms with Gasteiger partial charge in [0.25, 0.3) is 5.69 Å². The van der Waals surface area contributed by atoms with E-state index in [4.69, 9.17) is 42.1 Å². The summed E-state index contributed by atoms with van der Waals surface area (Å²) in [4.78, 5) is 24.3. The van der Waals surface area contributed by atoms with Crippen LogP contribution in [0.2, 0.25) is 10.0 Å². The summed E-state index contributed by atoms with van der Waals surface area (Å²) in [5.74, 6) is 0.207. The van der Waals surface area contributed by atoms with Crippen molar-refractivity contribution >= 4 is 44.9 Å². The molecule has 1 aliphatic carbocycles. The molecule has 0 radical (unpaired) electrons. The number of methoxy groups -OCH3 is 1. The zero-order chi connectivity index (χ0) is 39.8. The number of nitro groups is 1. The Labute approximate surface area is 335 Å². The van der Waals surface area contributed by atoms with Crippen molar-refractivity contribution in [3.05, 3.63) is 182 Å². The summed E-state index contributed by atoms with van der Waals surface area (Å²) in [5, 5.41) is 12.3. The van der Waals surface area contributed by atoms with Crippen LogP contribution in [0.5, 0.6) is 5.75 Å². The number of ether oxygens (including phenoxy) is 4. The molecule has 0 unspecified atom stereocenters. The second-order valence-corrected chi connectivity index (χ2v) is 15.6. The van der Waals surface area contributed by atoms with Crippen molar-refractivity contribution in [2.45, 2.75) is 55.7 Å². The standard InChI is InChI=1S/C42H38Cl2N2O9S/c1-3-39(29-10-5-4-6-11-29)45(56(50,51)34-19-17-31(18-20-34)46(48)49)40(42(47)52-2)24-33-26-53-27-41(55-33)36-15-8-7-14-35(36)30-12-9-13-32(23-30)54-25-28-16-21-37(43)38(44)22-28/h4-13,15-23,26-27,35,39-40H,3,14,24-25H2,1-2H3/t35-,39+,40+/m1/s1. The van der Waals surface area contributed by atoms with Gasteiger partial charge in [-0.3, -0.25) is 14.9 Å². The number of rotatable bonds is 15. The number of hydrogen-bond acceptors (Lipinski definition) is 9. The van der Waals surface area contributed by atoms with Crippen LogP contribution in [0.15, 0.2) is 150 Å². The topological polar surface area (TPSA) is 135 Å². The van der Waals surface area contributed by atoms with Crippen molar-refractivity contribution < 1.29 is 37.1 Å². The van der Waals surface area contributed by atoms with E-state index in [9.17, 15) is 23.3 Å². The smallest absolute Gasteiger partial charge is 0.324 e. The molecule has 290 valence electrons. The van der Waals surface area contributed by atoms with Crippen molar-refractivity contribution in [2.75, 3.05) is 7.11 Å². The number of carbonyl (C=O) groups is 1. The lowest BCUT2D eigenvalue weighted by atomic mass is 9.84. The average Bonchev–Trinajstić information content (AvgIpc) is 3.22. The first-order valence-corrected chi connectivity index (χ1v) is 19.9. The van der Waals surface area contributed by atoms with Crippen LogP contribution in [-0.2, 0) is 35.6 Å². The lowest BCUT2D eigenvalue weighted by Crippen LogP contribution is -2.47. The summed E-state index contributed by atoms with van der Waals surface area (Å²) < 4.78 is 53.8. The molecule has 0 N–H and O–H groups in total. The average molecular weight is 818 g/mol. The molecule has 0 fully saturated rings. The number of sulfonamides is 1. The number of halogens is 2. The lowest BCUT2D eigenvalue weighted by Gasteiger charge is -2.36. The van der Waals surface area contributed by atoms with Gasteiger partial charge < -0.3 is 18.9 Å². The first-order valence-electron chi connectivity index (χ1n) is 17.7. The first kappa shape index (κ1) is 40.3. The highest BCUT2D eigenvalue weighted by molar-refractivity contribution is 7.89. The molecule has 0 amide bonds. The predicted octanol–water partition coefficient (Wildman–Crippen LogP) is 9.95. The van der Waals surface area contributed by atoms with Crippen LogP contribution in [-0.4, -0.2) is 36.8 Å². The van der Waals surface area contributed by atoms with Crippen LogP contribution < -0.4 is 4.74 Å². The Bertz CT molecular complexity index is 2310. The minimum Gasteiger partial charge on any atom is -0.489 e. The van der Waals surface area contributed by atoms with Gasteiger partial charge in [0.15, 0.2) is 5.76 Å². The molecule has 0 spiro atoms. The lowest BCUT2D eigenvalue weighted by molar-refractivity contribution is -0.384. The Morgan fingerprint density at radius 3 is 2.45 bits per heavy atom. The van der Waals surface area contributed by atoms with Gasteiger partial charge in [0.05, 0.1) is 33.0 Å². The van der Waals surface area contributed by atoms with Gasteiger partial charge >= 0.3 is 5.97 Å². The Morgan fingerprint density at radius 1 is 0.982 bits per heavy atom. The fourth-order valence-electron chi connectivity index (χ4n) is 6.65. The number of carbonyl (C=O) groups excluding carboxylic acids is 1. The van der Waals surface area contributed by atoms with Crippen LogP contribution in [0.3, 0.4) is 0 Å². The van der Waals surface area contributed by atoms with Gasteiger partial charge in [-0.1, -0.05) is 96.9 Å². The van der Waals surface area contributed by atoms with Gasteiger partial charge in [-0.05, 0) is 65.9 Å². The fourth-order valence-corrected chi connectivity index (χ4v) is 8.79. The van der Waals surface area contributed by atoms with Crippen molar-refractivity contribution in [1.82, 2.24) is 4.31 Å². The maximum absolute atomic E-state index is 14.6. The minimum absolute atomic E-state index is 0.166. The van der Waals surface area contributed by atoms with Crippen LogP contribution in [0.25, 0.3) is 0 Å². The Morgan fingerprint density at radius 2 is 1.75 bits per heavy atom. The number of benzene rings is 4. The molecule has 0 saturated carbocycles. The summed E-state index contributed by atoms with van der Waals surface area (Å²) >= 11 is 12.3. The van der Waals surface area contributed by atoms with Crippen LogP contribution in [0, 0.1) is 10.1 Å². The quantitative estimate of drug-likeness (QED) is 0.0653. The van der Waals surface area contributed by atoms with E-state index in [0.717, 1.165) is 45.3 Å². The molecular weight excluding hydrogens is 779 g/mol. The Kier molecular flexibility index (Phi) is 13.0. The monoisotopic (exact) mass is 816 g/mol. The third-order valence-corrected chi connectivity index (χ3v) is 12.1. The van der Waals surface area contributed by atoms with Gasteiger partial charge in [0.1, 0.15) is 36.7 Å². The molecule has 0 bridgehead atoms. The minimum atomic E-state index is -4.49. The van der Waals surface area contributed by atoms with Crippen molar-refractivity contribution in [1.29, 1.82) is 0 Å². The number of non-ortho nitro benzene ring substituents is 1. The van der Waals surface area contributed by atoms with Gasteiger partial charge in [0, 0.05) is 30.0 Å². The summed E-state index contributed by atoms with van der Waals surface area (Å²) in [5.41, 5.74) is 2.96. The fraction of sp³-hybridized carbons (Fsp3) is 0.214. The van der Waals surface area contributed by atoms with Crippen LogP contribution in [0.1, 0.15) is 54.8 Å². The van der Waals surface area contributed by atoms with Gasteiger partial charge in [-0.15, -0.1) is 0 Å². The molecule has 14 heteroatoms. The third-order valence-electron chi connectivity index (χ3n) is 9.39. The molecule has 0 aromatic heterocycles. The molecule has 0 saturated heterocycles. The van der Waals surface area contributed by atoms with E-state index in [-0.39, 0.29) is 41.7 Å². The number of nitrogens with zero attached hydrogens (tertiary/aromatic N) is 2. The van der Waals surface area contributed by atoms with E-state index in [1.165, 1.54) is 19.6 Å². The van der Waals surface area contributed by atoms with E-state index in [0.29, 0.717) is 33.5 Å². The van der Waals surface area contributed by atoms with E-state index in [2.05, 4.69) is 0 Å². The molecule has 56 heavy (non-hydrogen) atoms. The number of nitro benzene ring substituents is 1. The second-order valence-electron chi connectivity index (χ2n) is 12.9. The van der Waals surface area contributed by atoms with Crippen molar-refractivity contribution in [3.63, 3.8) is 0 Å². The molecule has 4 aromatic rings. The maximum atomic E-state index is 14.6. The van der Waals surface area contributed by atoms with E-state index in [1.807, 2.05) is 48.6 Å². The molecule has 6 rings (SSSR count). The van der Waals surface area contributed by atoms with Gasteiger partial charge in [0.2, 0.25) is 10.0 Å². The number of allylic oxidation sites excluding steroid dienone is 4. The van der Waals surface area contributed by atoms with Crippen molar-refractivity contribution in [2.24, 2.45) is 0 Å².